The molecule has 6 nitrogen and oxygen atoms in total. The highest BCUT2D eigenvalue weighted by Gasteiger charge is 2.08. The molecule has 4 rings (SSSR count). The molecule has 0 aliphatic heterocycles. The van der Waals surface area contributed by atoms with Crippen molar-refractivity contribution in [3.05, 3.63) is 101 Å². The third-order valence-electron chi connectivity index (χ3n) is 5.22. The van der Waals surface area contributed by atoms with Gasteiger partial charge in [0.25, 0.3) is 0 Å². The zero-order valence-electron chi connectivity index (χ0n) is 18.4. The third kappa shape index (κ3) is 5.46. The van der Waals surface area contributed by atoms with Crippen LogP contribution in [-0.2, 0) is 17.8 Å². The maximum atomic E-state index is 12.3. The van der Waals surface area contributed by atoms with Crippen LogP contribution in [0, 0.1) is 11.3 Å². The highest BCUT2D eigenvalue weighted by atomic mass is 16.5. The van der Waals surface area contributed by atoms with Gasteiger partial charge < -0.3 is 9.30 Å². The van der Waals surface area contributed by atoms with E-state index < -0.39 is 0 Å². The van der Waals surface area contributed by atoms with Crippen LogP contribution in [0.3, 0.4) is 0 Å². The van der Waals surface area contributed by atoms with Crippen LogP contribution in [0.4, 0.5) is 0 Å². The number of carbonyl (C=O) groups excluding carboxylic acids is 1. The van der Waals surface area contributed by atoms with Gasteiger partial charge in [0.1, 0.15) is 5.75 Å². The second-order valence-electron chi connectivity index (χ2n) is 7.59. The van der Waals surface area contributed by atoms with Gasteiger partial charge in [0.2, 0.25) is 5.91 Å². The van der Waals surface area contributed by atoms with Crippen molar-refractivity contribution in [1.82, 2.24) is 9.99 Å². The maximum absolute atomic E-state index is 12.3. The number of nitrogens with zero attached hydrogens (tertiary/aromatic N) is 3. The minimum atomic E-state index is -0.188. The largest absolute Gasteiger partial charge is 0.494 e. The minimum absolute atomic E-state index is 0.188. The first-order valence-electron chi connectivity index (χ1n) is 10.8. The number of ether oxygens (including phenoxy) is 1. The summed E-state index contributed by atoms with van der Waals surface area (Å²) >= 11 is 0. The van der Waals surface area contributed by atoms with Gasteiger partial charge in [0, 0.05) is 29.2 Å². The lowest BCUT2D eigenvalue weighted by atomic mass is 10.1. The second-order valence-corrected chi connectivity index (χ2v) is 7.59. The molecule has 33 heavy (non-hydrogen) atoms. The van der Waals surface area contributed by atoms with Crippen LogP contribution >= 0.6 is 0 Å². The van der Waals surface area contributed by atoms with Crippen LogP contribution in [0.5, 0.6) is 5.75 Å². The van der Waals surface area contributed by atoms with E-state index in [0.717, 1.165) is 33.3 Å². The molecule has 1 amide bonds. The molecule has 1 N–H and O–H groups in total. The molecule has 0 radical (unpaired) electrons. The van der Waals surface area contributed by atoms with Crippen LogP contribution in [0.1, 0.15) is 29.2 Å². The average Bonchev–Trinajstić information content (AvgIpc) is 3.18. The Morgan fingerprint density at radius 1 is 1.09 bits per heavy atom. The number of rotatable bonds is 8. The summed E-state index contributed by atoms with van der Waals surface area (Å²) in [4.78, 5) is 12.3. The highest BCUT2D eigenvalue weighted by Crippen LogP contribution is 2.21. The zero-order chi connectivity index (χ0) is 23.0. The Kier molecular flexibility index (Phi) is 6.81. The molecular weight excluding hydrogens is 412 g/mol. The molecule has 0 fully saturated rings. The quantitative estimate of drug-likeness (QED) is 0.322. The summed E-state index contributed by atoms with van der Waals surface area (Å²) in [7, 11) is 0. The van der Waals surface area contributed by atoms with Gasteiger partial charge in [-0.15, -0.1) is 0 Å². The summed E-state index contributed by atoms with van der Waals surface area (Å²) in [5.41, 5.74) is 7.15. The Balaban J connectivity index is 1.45. The van der Waals surface area contributed by atoms with Crippen molar-refractivity contribution in [2.24, 2.45) is 5.10 Å². The summed E-state index contributed by atoms with van der Waals surface area (Å²) in [5.74, 6) is 0.600. The Morgan fingerprint density at radius 2 is 1.91 bits per heavy atom. The number of hydrazone groups is 1. The number of aromatic nitrogens is 1. The number of nitrogens with one attached hydrogen (secondary N) is 1. The first-order valence-corrected chi connectivity index (χ1v) is 10.8. The molecule has 3 aromatic carbocycles. The van der Waals surface area contributed by atoms with Gasteiger partial charge in [0.05, 0.1) is 30.9 Å². The fraction of sp³-hybridized carbons (Fsp3) is 0.148. The van der Waals surface area contributed by atoms with Gasteiger partial charge in [-0.05, 0) is 48.4 Å². The molecule has 164 valence electrons. The van der Waals surface area contributed by atoms with Crippen molar-refractivity contribution >= 4 is 23.0 Å². The van der Waals surface area contributed by atoms with Gasteiger partial charge in [-0.3, -0.25) is 4.79 Å². The van der Waals surface area contributed by atoms with E-state index >= 15 is 0 Å². The van der Waals surface area contributed by atoms with Crippen molar-refractivity contribution in [3.8, 4) is 11.8 Å². The fourth-order valence-electron chi connectivity index (χ4n) is 3.71. The SMILES string of the molecule is CCOc1ccc(CC(=O)N/N=C\c2cn(Cc3cccc(C#N)c3)c3ccccc23)cc1. The molecular formula is C27H24N4O2. The van der Waals surface area contributed by atoms with Crippen LogP contribution < -0.4 is 10.2 Å². The molecule has 1 aromatic heterocycles. The molecule has 0 unspecified atom stereocenters. The van der Waals surface area contributed by atoms with E-state index in [4.69, 9.17) is 10.00 Å². The predicted molar refractivity (Wildman–Crippen MR) is 129 cm³/mol. The summed E-state index contributed by atoms with van der Waals surface area (Å²) in [6.07, 6.45) is 3.91. The number of amides is 1. The number of hydrogen-bond acceptors (Lipinski definition) is 4. The smallest absolute Gasteiger partial charge is 0.244 e. The number of benzene rings is 3. The predicted octanol–water partition coefficient (Wildman–Crippen LogP) is 4.65. The van der Waals surface area contributed by atoms with Crippen LogP contribution in [-0.4, -0.2) is 23.3 Å². The molecule has 0 aliphatic rings. The lowest BCUT2D eigenvalue weighted by molar-refractivity contribution is -0.120. The molecule has 0 bridgehead atoms. The van der Waals surface area contributed by atoms with Crippen molar-refractivity contribution in [2.45, 2.75) is 19.9 Å². The molecule has 1 heterocycles. The monoisotopic (exact) mass is 436 g/mol. The molecule has 0 aliphatic carbocycles. The Bertz CT molecular complexity index is 1330. The summed E-state index contributed by atoms with van der Waals surface area (Å²) in [6.45, 7) is 3.17. The van der Waals surface area contributed by atoms with Crippen molar-refractivity contribution in [1.29, 1.82) is 5.26 Å². The van der Waals surface area contributed by atoms with Gasteiger partial charge in [-0.1, -0.05) is 42.5 Å². The third-order valence-corrected chi connectivity index (χ3v) is 5.22. The van der Waals surface area contributed by atoms with Gasteiger partial charge in [-0.2, -0.15) is 10.4 Å². The molecule has 0 saturated carbocycles. The first-order chi connectivity index (χ1) is 16.2. The minimum Gasteiger partial charge on any atom is -0.494 e. The van der Waals surface area contributed by atoms with Crippen LogP contribution in [0.25, 0.3) is 10.9 Å². The normalized spacial score (nSPS) is 10.9. The molecule has 0 spiro atoms. The Morgan fingerprint density at radius 3 is 2.70 bits per heavy atom. The Labute approximate surface area is 192 Å². The van der Waals surface area contributed by atoms with E-state index in [2.05, 4.69) is 21.2 Å². The average molecular weight is 437 g/mol. The van der Waals surface area contributed by atoms with E-state index in [-0.39, 0.29) is 12.3 Å². The summed E-state index contributed by atoms with van der Waals surface area (Å²) < 4.78 is 7.55. The van der Waals surface area contributed by atoms with Crippen LogP contribution in [0.2, 0.25) is 0 Å². The fourth-order valence-corrected chi connectivity index (χ4v) is 3.71. The highest BCUT2D eigenvalue weighted by molar-refractivity contribution is 5.99. The van der Waals surface area contributed by atoms with Gasteiger partial charge in [0.15, 0.2) is 0 Å². The van der Waals surface area contributed by atoms with Crippen molar-refractivity contribution < 1.29 is 9.53 Å². The molecule has 4 aromatic rings. The number of nitriles is 1. The molecule has 0 atom stereocenters. The van der Waals surface area contributed by atoms with E-state index in [1.165, 1.54) is 0 Å². The number of fused-ring (bicyclic) bond motifs is 1. The number of para-hydroxylation sites is 1. The van der Waals surface area contributed by atoms with Crippen molar-refractivity contribution in [3.63, 3.8) is 0 Å². The summed E-state index contributed by atoms with van der Waals surface area (Å²) in [5, 5.41) is 14.4. The van der Waals surface area contributed by atoms with E-state index in [1.54, 1.807) is 12.3 Å². The standard InChI is InChI=1S/C27H24N4O2/c1-2-33-24-12-10-20(11-13-24)15-27(32)30-29-17-23-19-31(26-9-4-3-8-25(23)26)18-22-7-5-6-21(14-22)16-28/h3-14,17,19H,2,15,18H2,1H3,(H,30,32)/b29-17-. The maximum Gasteiger partial charge on any atom is 0.244 e. The van der Waals surface area contributed by atoms with E-state index in [1.807, 2.05) is 79.9 Å². The second kappa shape index (κ2) is 10.3. The molecule has 6 heteroatoms. The van der Waals surface area contributed by atoms with E-state index in [0.29, 0.717) is 18.7 Å². The zero-order valence-corrected chi connectivity index (χ0v) is 18.4. The van der Waals surface area contributed by atoms with Crippen molar-refractivity contribution in [2.75, 3.05) is 6.61 Å². The number of hydrogen-bond donors (Lipinski definition) is 1. The van der Waals surface area contributed by atoms with Gasteiger partial charge >= 0.3 is 0 Å². The molecule has 0 saturated heterocycles. The number of carbonyl (C=O) groups is 1. The Hall–Kier alpha value is -4.37. The lowest BCUT2D eigenvalue weighted by Crippen LogP contribution is -2.19. The van der Waals surface area contributed by atoms with Gasteiger partial charge in [-0.25, -0.2) is 5.43 Å². The topological polar surface area (TPSA) is 79.4 Å². The first kappa shape index (κ1) is 21.8. The van der Waals surface area contributed by atoms with E-state index in [9.17, 15) is 4.79 Å². The lowest BCUT2D eigenvalue weighted by Gasteiger charge is -2.05. The summed E-state index contributed by atoms with van der Waals surface area (Å²) in [6, 6.07) is 25.3. The van der Waals surface area contributed by atoms with Crippen LogP contribution in [0.15, 0.2) is 84.1 Å².